The third-order valence-corrected chi connectivity index (χ3v) is 4.47. The monoisotopic (exact) mass is 268 g/mol. The Labute approximate surface area is 116 Å². The molecule has 0 spiro atoms. The molecular weight excluding hydrogens is 240 g/mol. The van der Waals surface area contributed by atoms with Gasteiger partial charge >= 0.3 is 5.97 Å². The molecule has 0 aromatic carbocycles. The smallest absolute Gasteiger partial charge is 0.319 e. The Hall–Kier alpha value is -0.610. The van der Waals surface area contributed by atoms with E-state index in [0.29, 0.717) is 24.4 Å². The molecule has 1 saturated heterocycles. The van der Waals surface area contributed by atoms with Crippen molar-refractivity contribution in [2.45, 2.75) is 39.2 Å². The summed E-state index contributed by atoms with van der Waals surface area (Å²) in [7, 11) is 1.47. The molecule has 1 aliphatic carbocycles. The highest BCUT2D eigenvalue weighted by molar-refractivity contribution is 5.71. The Kier molecular flexibility index (Phi) is 5.22. The van der Waals surface area contributed by atoms with Crippen LogP contribution < -0.4 is 5.32 Å². The lowest BCUT2D eigenvalue weighted by Gasteiger charge is -2.39. The Balaban J connectivity index is 1.85. The molecular formula is C15H28N2O2. The zero-order chi connectivity index (χ0) is 13.8. The van der Waals surface area contributed by atoms with Gasteiger partial charge in [0.15, 0.2) is 0 Å². The van der Waals surface area contributed by atoms with Gasteiger partial charge in [-0.15, -0.1) is 0 Å². The fourth-order valence-electron chi connectivity index (χ4n) is 2.89. The van der Waals surface area contributed by atoms with Crippen LogP contribution in [0.4, 0.5) is 0 Å². The molecule has 1 N–H and O–H groups in total. The molecule has 4 heteroatoms. The number of likely N-dealkylation sites (tertiary alicyclic amines) is 1. The quantitative estimate of drug-likeness (QED) is 0.741. The summed E-state index contributed by atoms with van der Waals surface area (Å²) < 4.78 is 4.79. The van der Waals surface area contributed by atoms with E-state index >= 15 is 0 Å². The summed E-state index contributed by atoms with van der Waals surface area (Å²) in [6.45, 7) is 8.15. The van der Waals surface area contributed by atoms with Crippen molar-refractivity contribution in [2.24, 2.45) is 17.8 Å². The zero-order valence-electron chi connectivity index (χ0n) is 12.5. The fourth-order valence-corrected chi connectivity index (χ4v) is 2.89. The minimum absolute atomic E-state index is 0.120. The number of methoxy groups -OCH3 is 1. The van der Waals surface area contributed by atoms with Gasteiger partial charge in [0.05, 0.1) is 13.7 Å². The average Bonchev–Trinajstić information content (AvgIpc) is 3.20. The second kappa shape index (κ2) is 6.71. The predicted octanol–water partition coefficient (Wildman–Crippen LogP) is 1.51. The molecule has 2 unspecified atom stereocenters. The molecule has 19 heavy (non-hydrogen) atoms. The first-order valence-electron chi connectivity index (χ1n) is 7.61. The fraction of sp³-hybridized carbons (Fsp3) is 0.933. The first-order valence-corrected chi connectivity index (χ1v) is 7.61. The van der Waals surface area contributed by atoms with Crippen molar-refractivity contribution >= 4 is 5.97 Å². The van der Waals surface area contributed by atoms with Crippen LogP contribution in [0.15, 0.2) is 0 Å². The van der Waals surface area contributed by atoms with E-state index in [1.807, 2.05) is 0 Å². The second-order valence-corrected chi connectivity index (χ2v) is 6.56. The van der Waals surface area contributed by atoms with Gasteiger partial charge in [-0.2, -0.15) is 0 Å². The number of esters is 1. The van der Waals surface area contributed by atoms with Crippen LogP contribution in [0.2, 0.25) is 0 Å². The summed E-state index contributed by atoms with van der Waals surface area (Å²) in [5, 5.41) is 3.70. The number of piperidine rings is 1. The summed E-state index contributed by atoms with van der Waals surface area (Å²) in [5.41, 5.74) is 0. The minimum Gasteiger partial charge on any atom is -0.468 e. The third-order valence-electron chi connectivity index (χ3n) is 4.47. The standard InChI is InChI=1S/C15H28N2O2/c1-11(2)13-6-14(16-7-12-4-5-12)9-17(8-13)10-15(18)19-3/h11-14,16H,4-10H2,1-3H3. The van der Waals surface area contributed by atoms with Crippen LogP contribution in [-0.2, 0) is 9.53 Å². The molecule has 2 aliphatic rings. The van der Waals surface area contributed by atoms with Crippen molar-refractivity contribution in [1.29, 1.82) is 0 Å². The first-order chi connectivity index (χ1) is 9.08. The molecule has 2 rings (SSSR count). The summed E-state index contributed by atoms with van der Waals surface area (Å²) >= 11 is 0. The van der Waals surface area contributed by atoms with E-state index in [1.54, 1.807) is 0 Å². The SMILES string of the molecule is COC(=O)CN1CC(NCC2CC2)CC(C(C)C)C1. The topological polar surface area (TPSA) is 41.6 Å². The molecule has 1 aliphatic heterocycles. The van der Waals surface area contributed by atoms with Gasteiger partial charge in [-0.3, -0.25) is 9.69 Å². The van der Waals surface area contributed by atoms with E-state index in [0.717, 1.165) is 25.6 Å². The van der Waals surface area contributed by atoms with Crippen LogP contribution in [0.3, 0.4) is 0 Å². The van der Waals surface area contributed by atoms with E-state index in [1.165, 1.54) is 26.4 Å². The van der Waals surface area contributed by atoms with Gasteiger partial charge in [0.1, 0.15) is 0 Å². The predicted molar refractivity (Wildman–Crippen MR) is 75.9 cm³/mol. The van der Waals surface area contributed by atoms with Crippen molar-refractivity contribution < 1.29 is 9.53 Å². The summed E-state index contributed by atoms with van der Waals surface area (Å²) in [5.74, 6) is 2.14. The number of rotatable bonds is 6. The number of ether oxygens (including phenoxy) is 1. The van der Waals surface area contributed by atoms with E-state index in [2.05, 4.69) is 24.1 Å². The lowest BCUT2D eigenvalue weighted by atomic mass is 9.85. The maximum atomic E-state index is 11.5. The highest BCUT2D eigenvalue weighted by Gasteiger charge is 2.31. The van der Waals surface area contributed by atoms with Gasteiger partial charge in [0, 0.05) is 19.1 Å². The largest absolute Gasteiger partial charge is 0.468 e. The number of carbonyl (C=O) groups excluding carboxylic acids is 1. The van der Waals surface area contributed by atoms with E-state index in [-0.39, 0.29) is 5.97 Å². The van der Waals surface area contributed by atoms with Crippen molar-refractivity contribution in [3.8, 4) is 0 Å². The molecule has 1 saturated carbocycles. The first kappa shape index (κ1) is 14.8. The highest BCUT2D eigenvalue weighted by Crippen LogP contribution is 2.29. The van der Waals surface area contributed by atoms with Crippen LogP contribution in [0.25, 0.3) is 0 Å². The number of nitrogens with one attached hydrogen (secondary N) is 1. The zero-order valence-corrected chi connectivity index (χ0v) is 12.5. The molecule has 0 radical (unpaired) electrons. The summed E-state index contributed by atoms with van der Waals surface area (Å²) in [6.07, 6.45) is 4.01. The van der Waals surface area contributed by atoms with Gasteiger partial charge in [0.25, 0.3) is 0 Å². The molecule has 0 aromatic heterocycles. The normalized spacial score (nSPS) is 28.6. The van der Waals surface area contributed by atoms with Crippen LogP contribution in [0.1, 0.15) is 33.1 Å². The van der Waals surface area contributed by atoms with Crippen LogP contribution in [0, 0.1) is 17.8 Å². The van der Waals surface area contributed by atoms with Crippen LogP contribution in [-0.4, -0.2) is 50.2 Å². The molecule has 2 fully saturated rings. The Bertz CT molecular complexity index is 303. The van der Waals surface area contributed by atoms with Gasteiger partial charge in [-0.05, 0) is 43.6 Å². The van der Waals surface area contributed by atoms with Gasteiger partial charge < -0.3 is 10.1 Å². The third kappa shape index (κ3) is 4.77. The lowest BCUT2D eigenvalue weighted by molar-refractivity contribution is -0.142. The lowest BCUT2D eigenvalue weighted by Crippen LogP contribution is -2.52. The van der Waals surface area contributed by atoms with E-state index < -0.39 is 0 Å². The average molecular weight is 268 g/mol. The van der Waals surface area contributed by atoms with Gasteiger partial charge in [-0.25, -0.2) is 0 Å². The number of hydrogen-bond donors (Lipinski definition) is 1. The summed E-state index contributed by atoms with van der Waals surface area (Å²) in [4.78, 5) is 13.7. The Morgan fingerprint density at radius 3 is 2.68 bits per heavy atom. The second-order valence-electron chi connectivity index (χ2n) is 6.56. The molecule has 110 valence electrons. The molecule has 2 atom stereocenters. The molecule has 4 nitrogen and oxygen atoms in total. The number of hydrogen-bond acceptors (Lipinski definition) is 4. The Morgan fingerprint density at radius 1 is 1.37 bits per heavy atom. The van der Waals surface area contributed by atoms with Crippen molar-refractivity contribution in [3.05, 3.63) is 0 Å². The van der Waals surface area contributed by atoms with Gasteiger partial charge in [-0.1, -0.05) is 13.8 Å². The Morgan fingerprint density at radius 2 is 2.11 bits per heavy atom. The van der Waals surface area contributed by atoms with Crippen molar-refractivity contribution in [1.82, 2.24) is 10.2 Å². The molecule has 0 aromatic rings. The van der Waals surface area contributed by atoms with Crippen molar-refractivity contribution in [2.75, 3.05) is 33.3 Å². The number of carbonyl (C=O) groups is 1. The van der Waals surface area contributed by atoms with E-state index in [9.17, 15) is 4.79 Å². The van der Waals surface area contributed by atoms with Crippen LogP contribution in [0.5, 0.6) is 0 Å². The number of nitrogens with zero attached hydrogens (tertiary/aromatic N) is 1. The van der Waals surface area contributed by atoms with E-state index in [4.69, 9.17) is 4.74 Å². The minimum atomic E-state index is -0.120. The highest BCUT2D eigenvalue weighted by atomic mass is 16.5. The molecule has 0 bridgehead atoms. The summed E-state index contributed by atoms with van der Waals surface area (Å²) in [6, 6.07) is 0.534. The van der Waals surface area contributed by atoms with Gasteiger partial charge in [0.2, 0.25) is 0 Å². The van der Waals surface area contributed by atoms with Crippen molar-refractivity contribution in [3.63, 3.8) is 0 Å². The molecule has 1 heterocycles. The molecule has 0 amide bonds. The maximum Gasteiger partial charge on any atom is 0.319 e. The maximum absolute atomic E-state index is 11.5. The van der Waals surface area contributed by atoms with Crippen LogP contribution >= 0.6 is 0 Å².